The molecule has 1 aliphatic rings. The molecule has 24 heavy (non-hydrogen) atoms. The number of rotatable bonds is 17. The zero-order valence-corrected chi connectivity index (χ0v) is 17.0. The van der Waals surface area contributed by atoms with E-state index in [2.05, 4.69) is 24.9 Å². The van der Waals surface area contributed by atoms with Crippen LogP contribution in [-0.4, -0.2) is 37.6 Å². The van der Waals surface area contributed by atoms with Crippen molar-refractivity contribution in [3.63, 3.8) is 0 Å². The molecule has 0 radical (unpaired) electrons. The lowest BCUT2D eigenvalue weighted by Gasteiger charge is -2.05. The molecule has 1 rings (SSSR count). The van der Waals surface area contributed by atoms with Gasteiger partial charge < -0.3 is 0 Å². The van der Waals surface area contributed by atoms with Crippen molar-refractivity contribution in [2.24, 2.45) is 0 Å². The minimum atomic E-state index is 1.24. The maximum atomic E-state index is 2.37. The van der Waals surface area contributed by atoms with Gasteiger partial charge in [0.2, 0.25) is 0 Å². The van der Waals surface area contributed by atoms with E-state index in [0.717, 1.165) is 0 Å². The fourth-order valence-corrected chi connectivity index (χ4v) is 3.85. The molecule has 2 heteroatoms. The summed E-state index contributed by atoms with van der Waals surface area (Å²) in [4.78, 5) is 1.68. The molecule has 0 saturated carbocycles. The smallest absolute Gasteiger partial charge is 0.249 e. The summed E-state index contributed by atoms with van der Waals surface area (Å²) >= 11 is 0. The molecular weight excluding hydrogens is 292 g/mol. The summed E-state index contributed by atoms with van der Waals surface area (Å²) in [5.74, 6) is 0. The third-order valence-electron chi connectivity index (χ3n) is 5.54. The highest BCUT2D eigenvalue weighted by Gasteiger charge is 2.18. The van der Waals surface area contributed by atoms with Crippen molar-refractivity contribution < 1.29 is 9.48 Å². The highest BCUT2D eigenvalue weighted by Crippen LogP contribution is 2.13. The van der Waals surface area contributed by atoms with Gasteiger partial charge in [0.25, 0.3) is 0 Å². The molecule has 0 aromatic rings. The number of unbranched alkanes of at least 4 members (excludes halogenated alkanes) is 15. The Balaban J connectivity index is 1.68. The number of nitrogens with one attached hydrogen (secondary N) is 1. The summed E-state index contributed by atoms with van der Waals surface area (Å²) in [5, 5.41) is 0. The van der Waals surface area contributed by atoms with Crippen LogP contribution < -0.4 is 4.90 Å². The molecule has 0 saturated heterocycles. The van der Waals surface area contributed by atoms with E-state index in [0.29, 0.717) is 0 Å². The number of hydrogen-bond donors (Lipinski definition) is 1. The first kappa shape index (κ1) is 21.7. The number of hydrogen-bond acceptors (Lipinski definition) is 0. The van der Waals surface area contributed by atoms with E-state index in [1.54, 1.807) is 4.90 Å². The molecule has 1 atom stereocenters. The second-order valence-corrected chi connectivity index (χ2v) is 8.07. The third kappa shape index (κ3) is 13.0. The predicted octanol–water partition coefficient (Wildman–Crippen LogP) is 4.82. The summed E-state index contributed by atoms with van der Waals surface area (Å²) in [5.41, 5.74) is 0. The number of likely N-dealkylation sites (N-methyl/N-ethyl adjacent to an activating group) is 1. The second-order valence-electron chi connectivity index (χ2n) is 8.07. The van der Waals surface area contributed by atoms with E-state index in [1.165, 1.54) is 122 Å². The molecule has 0 bridgehead atoms. The van der Waals surface area contributed by atoms with Crippen molar-refractivity contribution in [1.29, 1.82) is 0 Å². The maximum absolute atomic E-state index is 2.37. The lowest BCUT2D eigenvalue weighted by atomic mass is 10.0. The fourth-order valence-electron chi connectivity index (χ4n) is 3.85. The lowest BCUT2D eigenvalue weighted by molar-refractivity contribution is -0.793. The first-order valence-corrected chi connectivity index (χ1v) is 11.2. The average molecular weight is 339 g/mol. The van der Waals surface area contributed by atoms with Gasteiger partial charge >= 0.3 is 6.34 Å². The van der Waals surface area contributed by atoms with E-state index in [9.17, 15) is 0 Å². The highest BCUT2D eigenvalue weighted by molar-refractivity contribution is 5.36. The molecule has 2 nitrogen and oxygen atoms in total. The first-order valence-electron chi connectivity index (χ1n) is 11.2. The molecule has 1 aliphatic heterocycles. The first-order chi connectivity index (χ1) is 11.8. The Bertz CT molecular complexity index is 298. The van der Waals surface area contributed by atoms with Crippen LogP contribution in [0.15, 0.2) is 0 Å². The zero-order chi connectivity index (χ0) is 17.3. The van der Waals surface area contributed by atoms with Crippen LogP contribution >= 0.6 is 0 Å². The van der Waals surface area contributed by atoms with Crippen molar-refractivity contribution >= 4 is 6.34 Å². The van der Waals surface area contributed by atoms with Gasteiger partial charge in [0.15, 0.2) is 6.54 Å². The molecule has 0 amide bonds. The van der Waals surface area contributed by atoms with Crippen LogP contribution in [0.1, 0.15) is 110 Å². The molecule has 0 aromatic heterocycles. The van der Waals surface area contributed by atoms with Crippen molar-refractivity contribution in [3.8, 4) is 0 Å². The second kappa shape index (κ2) is 16.1. The Morgan fingerprint density at radius 2 is 1.08 bits per heavy atom. The van der Waals surface area contributed by atoms with E-state index in [4.69, 9.17) is 0 Å². The normalized spacial score (nSPS) is 17.4. The van der Waals surface area contributed by atoms with E-state index in [1.807, 2.05) is 0 Å². The van der Waals surface area contributed by atoms with Gasteiger partial charge in [-0.25, -0.2) is 4.90 Å². The van der Waals surface area contributed by atoms with Crippen LogP contribution in [0, 0.1) is 0 Å². The molecule has 0 aromatic carbocycles. The Morgan fingerprint density at radius 1 is 0.667 bits per heavy atom. The van der Waals surface area contributed by atoms with Crippen LogP contribution in [0.5, 0.6) is 0 Å². The molecular formula is C22H46N2+2. The molecule has 1 heterocycles. The zero-order valence-electron chi connectivity index (χ0n) is 17.0. The van der Waals surface area contributed by atoms with Crippen LogP contribution in [0.4, 0.5) is 0 Å². The SMILES string of the molecule is CCCCCCCCCCCCCCCCCC[NH+]1C=[N+](C)CC1. The van der Waals surface area contributed by atoms with Crippen molar-refractivity contribution in [2.45, 2.75) is 110 Å². The van der Waals surface area contributed by atoms with Crippen molar-refractivity contribution in [3.05, 3.63) is 0 Å². The van der Waals surface area contributed by atoms with Crippen LogP contribution in [0.25, 0.3) is 0 Å². The van der Waals surface area contributed by atoms with Gasteiger partial charge in [0.05, 0.1) is 6.54 Å². The van der Waals surface area contributed by atoms with Gasteiger partial charge in [0.1, 0.15) is 13.6 Å². The highest BCUT2D eigenvalue weighted by atomic mass is 15.2. The summed E-state index contributed by atoms with van der Waals surface area (Å²) in [6.45, 7) is 6.21. The van der Waals surface area contributed by atoms with E-state index < -0.39 is 0 Å². The molecule has 0 fully saturated rings. The Hall–Kier alpha value is -0.370. The van der Waals surface area contributed by atoms with Gasteiger partial charge in [-0.3, -0.25) is 0 Å². The van der Waals surface area contributed by atoms with Crippen LogP contribution in [0.2, 0.25) is 0 Å². The lowest BCUT2D eigenvalue weighted by Crippen LogP contribution is -3.10. The van der Waals surface area contributed by atoms with Gasteiger partial charge in [-0.15, -0.1) is 0 Å². The topological polar surface area (TPSA) is 7.45 Å². The third-order valence-corrected chi connectivity index (χ3v) is 5.54. The van der Waals surface area contributed by atoms with Crippen LogP contribution in [0.3, 0.4) is 0 Å². The Kier molecular flexibility index (Phi) is 14.6. The van der Waals surface area contributed by atoms with Gasteiger partial charge in [-0.1, -0.05) is 96.8 Å². The minimum Gasteiger partial charge on any atom is -0.249 e. The number of nitrogens with zero attached hydrogens (tertiary/aromatic N) is 1. The molecule has 1 unspecified atom stereocenters. The van der Waals surface area contributed by atoms with Gasteiger partial charge in [-0.2, -0.15) is 4.58 Å². The van der Waals surface area contributed by atoms with Crippen molar-refractivity contribution in [1.82, 2.24) is 0 Å². The quantitative estimate of drug-likeness (QED) is 0.287. The number of quaternary nitrogens is 1. The minimum absolute atomic E-state index is 1.24. The largest absolute Gasteiger partial charge is 0.325 e. The van der Waals surface area contributed by atoms with Crippen molar-refractivity contribution in [2.75, 3.05) is 26.7 Å². The molecule has 0 aliphatic carbocycles. The fraction of sp³-hybridized carbons (Fsp3) is 0.955. The van der Waals surface area contributed by atoms with Gasteiger partial charge in [0, 0.05) is 0 Å². The Labute approximate surface area is 152 Å². The summed E-state index contributed by atoms with van der Waals surface area (Å²) in [7, 11) is 2.20. The standard InChI is InChI=1S/C22H45N2/c1-3-4-5-6-7-8-9-10-11-12-13-14-15-16-17-18-19-24-21-20-23(2)22-24/h22H,3-21H2,1-2H3/q+1/p+1. The monoisotopic (exact) mass is 338 g/mol. The van der Waals surface area contributed by atoms with Gasteiger partial charge in [-0.05, 0) is 12.8 Å². The van der Waals surface area contributed by atoms with Crippen LogP contribution in [-0.2, 0) is 0 Å². The molecule has 1 N–H and O–H groups in total. The molecule has 0 spiro atoms. The molecule has 142 valence electrons. The van der Waals surface area contributed by atoms with E-state index in [-0.39, 0.29) is 0 Å². The van der Waals surface area contributed by atoms with E-state index >= 15 is 0 Å². The maximum Gasteiger partial charge on any atom is 0.325 e. The summed E-state index contributed by atoms with van der Waals surface area (Å²) in [6, 6.07) is 0. The average Bonchev–Trinajstić information content (AvgIpc) is 3.00. The summed E-state index contributed by atoms with van der Waals surface area (Å²) in [6.07, 6.45) is 25.7. The predicted molar refractivity (Wildman–Crippen MR) is 107 cm³/mol. The summed E-state index contributed by atoms with van der Waals surface area (Å²) < 4.78 is 2.34. The Morgan fingerprint density at radius 3 is 1.46 bits per heavy atom.